The second kappa shape index (κ2) is 7.43. The lowest BCUT2D eigenvalue weighted by Crippen LogP contribution is -1.89. The monoisotopic (exact) mass is 186 g/mol. The van der Waals surface area contributed by atoms with Crippen LogP contribution in [-0.4, -0.2) is 7.85 Å². The maximum atomic E-state index is 5.50. The van der Waals surface area contributed by atoms with Gasteiger partial charge >= 0.3 is 0 Å². The van der Waals surface area contributed by atoms with Gasteiger partial charge in [-0.15, -0.1) is 0 Å². The SMILES string of the molecule is [B]C/C(C)=C/C=C(\C=C/C=C)C(C)C. The van der Waals surface area contributed by atoms with E-state index in [4.69, 9.17) is 7.85 Å². The van der Waals surface area contributed by atoms with Crippen molar-refractivity contribution in [1.82, 2.24) is 0 Å². The third kappa shape index (κ3) is 5.63. The molecule has 14 heavy (non-hydrogen) atoms. The summed E-state index contributed by atoms with van der Waals surface area (Å²) in [6, 6.07) is 0. The first kappa shape index (κ1) is 13.0. The Morgan fingerprint density at radius 1 is 1.36 bits per heavy atom. The molecule has 0 fully saturated rings. The summed E-state index contributed by atoms with van der Waals surface area (Å²) < 4.78 is 0. The van der Waals surface area contributed by atoms with Crippen molar-refractivity contribution < 1.29 is 0 Å². The van der Waals surface area contributed by atoms with Crippen LogP contribution in [0.5, 0.6) is 0 Å². The highest BCUT2D eigenvalue weighted by Gasteiger charge is 1.96. The highest BCUT2D eigenvalue weighted by atomic mass is 14.0. The summed E-state index contributed by atoms with van der Waals surface area (Å²) in [5.41, 5.74) is 2.48. The fourth-order valence-electron chi connectivity index (χ4n) is 0.926. The second-order valence-corrected chi connectivity index (χ2v) is 3.63. The van der Waals surface area contributed by atoms with E-state index >= 15 is 0 Å². The summed E-state index contributed by atoms with van der Waals surface area (Å²) in [4.78, 5) is 0. The van der Waals surface area contributed by atoms with Crippen LogP contribution in [0, 0.1) is 5.92 Å². The number of allylic oxidation sites excluding steroid dienone is 7. The van der Waals surface area contributed by atoms with Crippen LogP contribution in [0.1, 0.15) is 20.8 Å². The lowest BCUT2D eigenvalue weighted by atomic mass is 9.96. The Kier molecular flexibility index (Phi) is 6.91. The van der Waals surface area contributed by atoms with Gasteiger partial charge in [-0.3, -0.25) is 0 Å². The average molecular weight is 186 g/mol. The van der Waals surface area contributed by atoms with Crippen LogP contribution in [0.2, 0.25) is 6.32 Å². The first-order valence-electron chi connectivity index (χ1n) is 4.98. The maximum absolute atomic E-state index is 5.50. The number of rotatable bonds is 5. The lowest BCUT2D eigenvalue weighted by molar-refractivity contribution is 0.791. The highest BCUT2D eigenvalue weighted by Crippen LogP contribution is 2.12. The summed E-state index contributed by atoms with van der Waals surface area (Å²) in [5.74, 6) is 0.521. The van der Waals surface area contributed by atoms with E-state index in [0.717, 1.165) is 0 Å². The summed E-state index contributed by atoms with van der Waals surface area (Å²) >= 11 is 0. The van der Waals surface area contributed by atoms with E-state index in [2.05, 4.69) is 38.7 Å². The molecular formula is C13H19B. The molecule has 0 atom stereocenters. The van der Waals surface area contributed by atoms with Gasteiger partial charge < -0.3 is 0 Å². The molecule has 0 amide bonds. The predicted octanol–water partition coefficient (Wildman–Crippen LogP) is 3.84. The zero-order valence-electron chi connectivity index (χ0n) is 9.46. The molecule has 0 saturated carbocycles. The van der Waals surface area contributed by atoms with Gasteiger partial charge in [0.25, 0.3) is 0 Å². The maximum Gasteiger partial charge on any atom is 0.0712 e. The molecule has 0 heterocycles. The molecule has 0 N–H and O–H groups in total. The van der Waals surface area contributed by atoms with Gasteiger partial charge in [-0.2, -0.15) is 0 Å². The van der Waals surface area contributed by atoms with Crippen LogP contribution in [0.15, 0.2) is 48.1 Å². The van der Waals surface area contributed by atoms with Crippen molar-refractivity contribution >= 4 is 7.85 Å². The van der Waals surface area contributed by atoms with Crippen molar-refractivity contribution in [3.63, 3.8) is 0 Å². The molecule has 0 aliphatic carbocycles. The van der Waals surface area contributed by atoms with Crippen LogP contribution in [0.3, 0.4) is 0 Å². The Morgan fingerprint density at radius 3 is 2.43 bits per heavy atom. The molecule has 0 aromatic carbocycles. The smallest absolute Gasteiger partial charge is 0.0712 e. The zero-order valence-corrected chi connectivity index (χ0v) is 9.46. The van der Waals surface area contributed by atoms with E-state index < -0.39 is 0 Å². The molecule has 0 saturated heterocycles. The van der Waals surface area contributed by atoms with E-state index in [1.165, 1.54) is 11.1 Å². The molecule has 1 heteroatoms. The Labute approximate surface area is 89.5 Å². The molecule has 0 nitrogen and oxygen atoms in total. The number of hydrogen-bond donors (Lipinski definition) is 0. The fourth-order valence-corrected chi connectivity index (χ4v) is 0.926. The Hall–Kier alpha value is -0.975. The molecule has 0 bridgehead atoms. The molecule has 0 unspecified atom stereocenters. The second-order valence-electron chi connectivity index (χ2n) is 3.63. The van der Waals surface area contributed by atoms with E-state index in [-0.39, 0.29) is 0 Å². The van der Waals surface area contributed by atoms with Gasteiger partial charge in [0, 0.05) is 0 Å². The minimum Gasteiger partial charge on any atom is -0.0991 e. The van der Waals surface area contributed by atoms with Crippen LogP contribution in [-0.2, 0) is 0 Å². The molecule has 0 rings (SSSR count). The van der Waals surface area contributed by atoms with Gasteiger partial charge in [-0.05, 0) is 18.4 Å². The van der Waals surface area contributed by atoms with E-state index in [1.54, 1.807) is 6.08 Å². The molecular weight excluding hydrogens is 167 g/mol. The zero-order chi connectivity index (χ0) is 11.0. The van der Waals surface area contributed by atoms with Gasteiger partial charge in [0.2, 0.25) is 0 Å². The van der Waals surface area contributed by atoms with Crippen molar-refractivity contribution in [2.75, 3.05) is 0 Å². The van der Waals surface area contributed by atoms with Gasteiger partial charge in [0.05, 0.1) is 7.85 Å². The summed E-state index contributed by atoms with van der Waals surface area (Å²) in [5, 5.41) is 0. The standard InChI is InChI=1S/C13H19B/c1-5-6-7-13(11(2)3)9-8-12(4)10-14/h5-9,11H,1,10H2,2-4H3/b7-6-,12-8+,13-9+. The average Bonchev–Trinajstić information content (AvgIpc) is 2.16. The van der Waals surface area contributed by atoms with Crippen LogP contribution in [0.4, 0.5) is 0 Å². The van der Waals surface area contributed by atoms with Gasteiger partial charge in [-0.25, -0.2) is 0 Å². The minimum absolute atomic E-state index is 0.521. The lowest BCUT2D eigenvalue weighted by Gasteiger charge is -2.04. The Bertz CT molecular complexity index is 254. The first-order chi connectivity index (χ1) is 6.61. The molecule has 2 radical (unpaired) electrons. The predicted molar refractivity (Wildman–Crippen MR) is 66.6 cm³/mol. The van der Waals surface area contributed by atoms with Gasteiger partial charge in [0.15, 0.2) is 0 Å². The molecule has 0 spiro atoms. The van der Waals surface area contributed by atoms with Crippen molar-refractivity contribution in [2.24, 2.45) is 5.92 Å². The fraction of sp³-hybridized carbons (Fsp3) is 0.385. The highest BCUT2D eigenvalue weighted by molar-refractivity contribution is 6.10. The first-order valence-corrected chi connectivity index (χ1v) is 4.98. The van der Waals surface area contributed by atoms with E-state index in [1.807, 2.05) is 13.0 Å². The summed E-state index contributed by atoms with van der Waals surface area (Å²) in [6.45, 7) is 10.0. The van der Waals surface area contributed by atoms with Crippen molar-refractivity contribution in [1.29, 1.82) is 0 Å². The topological polar surface area (TPSA) is 0 Å². The normalized spacial score (nSPS) is 14.0. The molecule has 0 aliphatic rings. The summed E-state index contributed by atoms with van der Waals surface area (Å²) in [6.07, 6.45) is 10.6. The van der Waals surface area contributed by atoms with Gasteiger partial charge in [0.1, 0.15) is 0 Å². The molecule has 74 valence electrons. The Morgan fingerprint density at radius 2 is 2.00 bits per heavy atom. The summed E-state index contributed by atoms with van der Waals surface area (Å²) in [7, 11) is 5.50. The van der Waals surface area contributed by atoms with Crippen molar-refractivity contribution in [3.05, 3.63) is 48.1 Å². The molecule has 0 aromatic rings. The van der Waals surface area contributed by atoms with Crippen LogP contribution < -0.4 is 0 Å². The van der Waals surface area contributed by atoms with Crippen molar-refractivity contribution in [3.8, 4) is 0 Å². The molecule has 0 aliphatic heterocycles. The van der Waals surface area contributed by atoms with E-state index in [9.17, 15) is 0 Å². The number of hydrogen-bond acceptors (Lipinski definition) is 0. The quantitative estimate of drug-likeness (QED) is 0.452. The van der Waals surface area contributed by atoms with E-state index in [0.29, 0.717) is 12.2 Å². The third-order valence-corrected chi connectivity index (χ3v) is 1.97. The van der Waals surface area contributed by atoms with Crippen LogP contribution >= 0.6 is 0 Å². The Balaban J connectivity index is 4.64. The van der Waals surface area contributed by atoms with Gasteiger partial charge in [-0.1, -0.05) is 62.7 Å². The minimum atomic E-state index is 0.521. The third-order valence-electron chi connectivity index (χ3n) is 1.97. The largest absolute Gasteiger partial charge is 0.0991 e. The molecule has 0 aromatic heterocycles. The van der Waals surface area contributed by atoms with Crippen LogP contribution in [0.25, 0.3) is 0 Å². The van der Waals surface area contributed by atoms with Crippen molar-refractivity contribution in [2.45, 2.75) is 27.1 Å².